The number of hydrogen-bond acceptors (Lipinski definition) is 1. The summed E-state index contributed by atoms with van der Waals surface area (Å²) in [5.41, 5.74) is -1.39. The molecule has 0 aliphatic carbocycles. The quantitative estimate of drug-likeness (QED) is 0.669. The lowest BCUT2D eigenvalue weighted by Gasteiger charge is -2.11. The second-order valence-electron chi connectivity index (χ2n) is 2.44. The molecule has 0 N–H and O–H groups in total. The maximum absolute atomic E-state index is 13.1. The standard InChI is InChI=1S/C8H5ClF4O/c1-14-7-5(9)3-2-4(6(7)10)8(11,12)13/h2-3H,1H3. The van der Waals surface area contributed by atoms with Crippen LogP contribution >= 0.6 is 11.6 Å². The minimum absolute atomic E-state index is 0.196. The first-order valence-electron chi connectivity index (χ1n) is 3.47. The molecule has 0 bridgehead atoms. The van der Waals surface area contributed by atoms with Crippen LogP contribution in [0.1, 0.15) is 5.56 Å². The Bertz CT molecular complexity index is 348. The maximum atomic E-state index is 13.1. The van der Waals surface area contributed by atoms with Gasteiger partial charge in [0.1, 0.15) is 0 Å². The van der Waals surface area contributed by atoms with Crippen LogP contribution < -0.4 is 4.74 Å². The number of halogens is 5. The van der Waals surface area contributed by atoms with E-state index in [-0.39, 0.29) is 5.02 Å². The fourth-order valence-electron chi connectivity index (χ4n) is 0.939. The Morgan fingerprint density at radius 1 is 1.29 bits per heavy atom. The molecule has 0 amide bonds. The van der Waals surface area contributed by atoms with Crippen molar-refractivity contribution >= 4 is 11.6 Å². The van der Waals surface area contributed by atoms with Gasteiger partial charge in [-0.1, -0.05) is 11.6 Å². The molecule has 0 radical (unpaired) electrons. The molecule has 1 nitrogen and oxygen atoms in total. The predicted molar refractivity (Wildman–Crippen MR) is 43.0 cm³/mol. The van der Waals surface area contributed by atoms with Gasteiger partial charge in [-0.2, -0.15) is 13.2 Å². The summed E-state index contributed by atoms with van der Waals surface area (Å²) in [6.45, 7) is 0. The number of hydrogen-bond donors (Lipinski definition) is 0. The summed E-state index contributed by atoms with van der Waals surface area (Å²) >= 11 is 5.42. The van der Waals surface area contributed by atoms with Crippen molar-refractivity contribution in [3.8, 4) is 5.75 Å². The van der Waals surface area contributed by atoms with Gasteiger partial charge in [0.2, 0.25) is 0 Å². The van der Waals surface area contributed by atoms with Gasteiger partial charge in [0, 0.05) is 0 Å². The lowest BCUT2D eigenvalue weighted by atomic mass is 10.2. The van der Waals surface area contributed by atoms with Crippen LogP contribution in [0, 0.1) is 5.82 Å². The Labute approximate surface area is 82.2 Å². The highest BCUT2D eigenvalue weighted by molar-refractivity contribution is 6.32. The van der Waals surface area contributed by atoms with Gasteiger partial charge in [-0.25, -0.2) is 4.39 Å². The molecule has 0 atom stereocenters. The molecule has 0 aromatic heterocycles. The van der Waals surface area contributed by atoms with Crippen molar-refractivity contribution in [2.24, 2.45) is 0 Å². The summed E-state index contributed by atoms with van der Waals surface area (Å²) in [5.74, 6) is -2.09. The zero-order valence-corrected chi connectivity index (χ0v) is 7.71. The topological polar surface area (TPSA) is 9.23 Å². The lowest BCUT2D eigenvalue weighted by Crippen LogP contribution is -2.09. The third-order valence-corrected chi connectivity index (χ3v) is 1.86. The van der Waals surface area contributed by atoms with E-state index in [2.05, 4.69) is 4.74 Å². The zero-order valence-electron chi connectivity index (χ0n) is 6.95. The summed E-state index contributed by atoms with van der Waals surface area (Å²) in [5, 5.41) is -0.196. The Hall–Kier alpha value is -0.970. The Balaban J connectivity index is 3.36. The van der Waals surface area contributed by atoms with E-state index < -0.39 is 23.3 Å². The molecule has 1 aromatic rings. The number of benzene rings is 1. The molecule has 0 saturated carbocycles. The summed E-state index contributed by atoms with van der Waals surface area (Å²) < 4.78 is 54.0. The summed E-state index contributed by atoms with van der Waals surface area (Å²) in [6, 6.07) is 1.51. The molecule has 0 spiro atoms. The third-order valence-electron chi connectivity index (χ3n) is 1.56. The van der Waals surface area contributed by atoms with Crippen LogP contribution in [0.4, 0.5) is 17.6 Å². The molecule has 78 valence electrons. The molecule has 0 aliphatic rings. The van der Waals surface area contributed by atoms with Crippen LogP contribution in [0.25, 0.3) is 0 Å². The minimum atomic E-state index is -4.75. The van der Waals surface area contributed by atoms with Crippen molar-refractivity contribution in [3.05, 3.63) is 28.5 Å². The van der Waals surface area contributed by atoms with Gasteiger partial charge < -0.3 is 4.74 Å². The van der Waals surface area contributed by atoms with Crippen molar-refractivity contribution in [1.82, 2.24) is 0 Å². The highest BCUT2D eigenvalue weighted by Gasteiger charge is 2.35. The van der Waals surface area contributed by atoms with Crippen molar-refractivity contribution in [3.63, 3.8) is 0 Å². The summed E-state index contributed by atoms with van der Waals surface area (Å²) in [6.07, 6.45) is -4.75. The number of rotatable bonds is 1. The van der Waals surface area contributed by atoms with Crippen molar-refractivity contribution < 1.29 is 22.3 Å². The van der Waals surface area contributed by atoms with E-state index in [1.165, 1.54) is 0 Å². The molecule has 0 heterocycles. The van der Waals surface area contributed by atoms with E-state index in [4.69, 9.17) is 11.6 Å². The largest absolute Gasteiger partial charge is 0.492 e. The van der Waals surface area contributed by atoms with E-state index in [9.17, 15) is 17.6 Å². The Morgan fingerprint density at radius 2 is 1.86 bits per heavy atom. The average Bonchev–Trinajstić information content (AvgIpc) is 2.02. The highest BCUT2D eigenvalue weighted by atomic mass is 35.5. The lowest BCUT2D eigenvalue weighted by molar-refractivity contribution is -0.140. The maximum Gasteiger partial charge on any atom is 0.419 e. The van der Waals surface area contributed by atoms with E-state index in [1.807, 2.05) is 0 Å². The molecule has 0 aliphatic heterocycles. The molecule has 6 heteroatoms. The van der Waals surface area contributed by atoms with E-state index in [0.717, 1.165) is 13.2 Å². The number of alkyl halides is 3. The van der Waals surface area contributed by atoms with Crippen LogP contribution in [0.15, 0.2) is 12.1 Å². The van der Waals surface area contributed by atoms with Crippen LogP contribution in [0.5, 0.6) is 5.75 Å². The number of methoxy groups -OCH3 is 1. The molecule has 0 unspecified atom stereocenters. The molecule has 1 aromatic carbocycles. The molecular weight excluding hydrogens is 224 g/mol. The van der Waals surface area contributed by atoms with Gasteiger partial charge in [-0.3, -0.25) is 0 Å². The Kier molecular flexibility index (Phi) is 2.89. The van der Waals surface area contributed by atoms with Gasteiger partial charge in [0.05, 0.1) is 17.7 Å². The first kappa shape index (κ1) is 11.1. The van der Waals surface area contributed by atoms with Gasteiger partial charge in [-0.05, 0) is 12.1 Å². The predicted octanol–water partition coefficient (Wildman–Crippen LogP) is 3.51. The second kappa shape index (κ2) is 3.65. The molecule has 14 heavy (non-hydrogen) atoms. The van der Waals surface area contributed by atoms with Crippen molar-refractivity contribution in [2.75, 3.05) is 7.11 Å². The molecular formula is C8H5ClF4O. The van der Waals surface area contributed by atoms with E-state index >= 15 is 0 Å². The normalized spacial score (nSPS) is 11.6. The highest BCUT2D eigenvalue weighted by Crippen LogP contribution is 2.38. The second-order valence-corrected chi connectivity index (χ2v) is 2.85. The fraction of sp³-hybridized carbons (Fsp3) is 0.250. The first-order valence-corrected chi connectivity index (χ1v) is 3.85. The van der Waals surface area contributed by atoms with E-state index in [0.29, 0.717) is 6.07 Å². The van der Waals surface area contributed by atoms with Crippen LogP contribution in [0.3, 0.4) is 0 Å². The van der Waals surface area contributed by atoms with Gasteiger partial charge in [0.15, 0.2) is 11.6 Å². The van der Waals surface area contributed by atoms with Crippen LogP contribution in [-0.4, -0.2) is 7.11 Å². The molecule has 0 saturated heterocycles. The van der Waals surface area contributed by atoms with E-state index in [1.54, 1.807) is 0 Å². The third kappa shape index (κ3) is 1.92. The van der Waals surface area contributed by atoms with Crippen LogP contribution in [0.2, 0.25) is 5.02 Å². The average molecular weight is 229 g/mol. The molecule has 1 rings (SSSR count). The number of ether oxygens (including phenoxy) is 1. The van der Waals surface area contributed by atoms with Crippen LogP contribution in [-0.2, 0) is 6.18 Å². The van der Waals surface area contributed by atoms with Gasteiger partial charge >= 0.3 is 6.18 Å². The zero-order chi connectivity index (χ0) is 10.9. The van der Waals surface area contributed by atoms with Gasteiger partial charge in [0.25, 0.3) is 0 Å². The first-order chi connectivity index (χ1) is 6.38. The van der Waals surface area contributed by atoms with Crippen molar-refractivity contribution in [2.45, 2.75) is 6.18 Å². The Morgan fingerprint density at radius 3 is 2.29 bits per heavy atom. The fourth-order valence-corrected chi connectivity index (χ4v) is 1.16. The smallest absolute Gasteiger partial charge is 0.419 e. The SMILES string of the molecule is COc1c(Cl)ccc(C(F)(F)F)c1F. The van der Waals surface area contributed by atoms with Gasteiger partial charge in [-0.15, -0.1) is 0 Å². The molecule has 0 fully saturated rings. The monoisotopic (exact) mass is 228 g/mol. The summed E-state index contributed by atoms with van der Waals surface area (Å²) in [4.78, 5) is 0. The minimum Gasteiger partial charge on any atom is -0.492 e. The summed E-state index contributed by atoms with van der Waals surface area (Å²) in [7, 11) is 1.05. The van der Waals surface area contributed by atoms with Crippen molar-refractivity contribution in [1.29, 1.82) is 0 Å².